The van der Waals surface area contributed by atoms with E-state index in [0.717, 1.165) is 15.2 Å². The third-order valence-electron chi connectivity index (χ3n) is 4.09. The number of anilines is 1. The number of rotatable bonds is 6. The first-order chi connectivity index (χ1) is 14.2. The van der Waals surface area contributed by atoms with E-state index in [4.69, 9.17) is 9.15 Å². The summed E-state index contributed by atoms with van der Waals surface area (Å²) in [4.78, 5) is 26.4. The van der Waals surface area contributed by atoms with E-state index in [1.165, 1.54) is 0 Å². The number of esters is 1. The highest BCUT2D eigenvalue weighted by atomic mass is 32.2. The van der Waals surface area contributed by atoms with Crippen molar-refractivity contribution in [3.63, 3.8) is 0 Å². The van der Waals surface area contributed by atoms with E-state index >= 15 is 0 Å². The van der Waals surface area contributed by atoms with Crippen LogP contribution in [0.4, 0.5) is 5.69 Å². The van der Waals surface area contributed by atoms with E-state index < -0.39 is 18.5 Å². The number of fused-ring (bicyclic) bond motifs is 1. The van der Waals surface area contributed by atoms with Crippen molar-refractivity contribution in [2.75, 3.05) is 11.9 Å². The van der Waals surface area contributed by atoms with E-state index in [1.807, 2.05) is 72.8 Å². The molecule has 0 spiro atoms. The molecule has 0 saturated carbocycles. The molecule has 0 aliphatic rings. The molecule has 0 radical (unpaired) electrons. The van der Waals surface area contributed by atoms with Gasteiger partial charge in [0.25, 0.3) is 5.91 Å². The van der Waals surface area contributed by atoms with E-state index in [2.05, 4.69) is 5.32 Å². The van der Waals surface area contributed by atoms with Gasteiger partial charge < -0.3 is 14.5 Å². The van der Waals surface area contributed by atoms with Crippen LogP contribution < -0.4 is 5.32 Å². The van der Waals surface area contributed by atoms with Crippen molar-refractivity contribution >= 4 is 40.3 Å². The number of benzene rings is 3. The van der Waals surface area contributed by atoms with Gasteiger partial charge in [-0.05, 0) is 36.4 Å². The summed E-state index contributed by atoms with van der Waals surface area (Å²) < 4.78 is 10.6. The first kappa shape index (κ1) is 18.8. The molecule has 0 aliphatic heterocycles. The summed E-state index contributed by atoms with van der Waals surface area (Å²) in [5.74, 6) is -1.03. The van der Waals surface area contributed by atoms with Crippen LogP contribution in [0.3, 0.4) is 0 Å². The smallest absolute Gasteiger partial charge is 0.374 e. The van der Waals surface area contributed by atoms with Crippen LogP contribution in [0.2, 0.25) is 0 Å². The van der Waals surface area contributed by atoms with Gasteiger partial charge in [0.1, 0.15) is 5.58 Å². The zero-order chi connectivity index (χ0) is 20.1. The second kappa shape index (κ2) is 8.67. The maximum absolute atomic E-state index is 12.3. The number of carbonyl (C=O) groups is 2. The Balaban J connectivity index is 1.38. The Kier molecular flexibility index (Phi) is 5.63. The maximum atomic E-state index is 12.3. The molecule has 4 rings (SSSR count). The molecule has 0 atom stereocenters. The lowest BCUT2D eigenvalue weighted by molar-refractivity contribution is -0.119. The molecule has 0 saturated heterocycles. The zero-order valence-electron chi connectivity index (χ0n) is 15.3. The van der Waals surface area contributed by atoms with Gasteiger partial charge >= 0.3 is 5.97 Å². The van der Waals surface area contributed by atoms with E-state index in [0.29, 0.717) is 11.3 Å². The van der Waals surface area contributed by atoms with E-state index in [1.54, 1.807) is 23.9 Å². The number of hydrogen-bond acceptors (Lipinski definition) is 5. The van der Waals surface area contributed by atoms with E-state index in [-0.39, 0.29) is 5.76 Å². The fraction of sp³-hybridized carbons (Fsp3) is 0.0435. The lowest BCUT2D eigenvalue weighted by Crippen LogP contribution is -2.21. The highest BCUT2D eigenvalue weighted by molar-refractivity contribution is 7.99. The zero-order valence-corrected chi connectivity index (χ0v) is 16.1. The third-order valence-corrected chi connectivity index (χ3v) is 5.18. The van der Waals surface area contributed by atoms with Gasteiger partial charge in [-0.1, -0.05) is 60.3 Å². The SMILES string of the molecule is O=C(COC(=O)c1cc2ccccc2o1)Nc1ccccc1Sc1ccccc1. The summed E-state index contributed by atoms with van der Waals surface area (Å²) in [5, 5.41) is 3.60. The van der Waals surface area contributed by atoms with E-state index in [9.17, 15) is 9.59 Å². The molecule has 4 aromatic rings. The van der Waals surface area contributed by atoms with Crippen molar-refractivity contribution in [3.8, 4) is 0 Å². The second-order valence-electron chi connectivity index (χ2n) is 6.18. The average Bonchev–Trinajstić information content (AvgIpc) is 3.19. The van der Waals surface area contributed by atoms with Gasteiger partial charge in [-0.2, -0.15) is 0 Å². The number of hydrogen-bond donors (Lipinski definition) is 1. The lowest BCUT2D eigenvalue weighted by Gasteiger charge is -2.10. The van der Waals surface area contributed by atoms with Crippen molar-refractivity contribution in [2.24, 2.45) is 0 Å². The lowest BCUT2D eigenvalue weighted by atomic mass is 10.2. The van der Waals surface area contributed by atoms with Gasteiger partial charge in [-0.15, -0.1) is 0 Å². The van der Waals surface area contributed by atoms with Gasteiger partial charge in [0.15, 0.2) is 6.61 Å². The van der Waals surface area contributed by atoms with Gasteiger partial charge in [0.2, 0.25) is 5.76 Å². The van der Waals surface area contributed by atoms with Crippen LogP contribution in [-0.2, 0) is 9.53 Å². The second-order valence-corrected chi connectivity index (χ2v) is 7.30. The molecule has 5 nitrogen and oxygen atoms in total. The Labute approximate surface area is 171 Å². The molecule has 3 aromatic carbocycles. The molecule has 0 fully saturated rings. The summed E-state index contributed by atoms with van der Waals surface area (Å²) in [6.07, 6.45) is 0. The van der Waals surface area contributed by atoms with Crippen LogP contribution in [0, 0.1) is 0 Å². The Hall–Kier alpha value is -3.51. The molecular formula is C23H17NO4S. The standard InChI is InChI=1S/C23H17NO4S/c25-22(15-27-23(26)20-14-16-8-4-6-12-19(16)28-20)24-18-11-5-7-13-21(18)29-17-9-2-1-3-10-17/h1-14H,15H2,(H,24,25). The molecule has 1 N–H and O–H groups in total. The number of nitrogens with one attached hydrogen (secondary N) is 1. The maximum Gasteiger partial charge on any atom is 0.374 e. The largest absolute Gasteiger partial charge is 0.450 e. The predicted molar refractivity (Wildman–Crippen MR) is 112 cm³/mol. The van der Waals surface area contributed by atoms with Crippen LogP contribution in [0.25, 0.3) is 11.0 Å². The van der Waals surface area contributed by atoms with Gasteiger partial charge in [-0.25, -0.2) is 4.79 Å². The molecule has 29 heavy (non-hydrogen) atoms. The molecular weight excluding hydrogens is 386 g/mol. The third kappa shape index (κ3) is 4.67. The van der Waals surface area contributed by atoms with Gasteiger partial charge in [0.05, 0.1) is 5.69 Å². The van der Waals surface area contributed by atoms with Crippen LogP contribution in [-0.4, -0.2) is 18.5 Å². The molecule has 1 aromatic heterocycles. The van der Waals surface area contributed by atoms with Crippen LogP contribution in [0.15, 0.2) is 99.1 Å². The van der Waals surface area contributed by atoms with Crippen LogP contribution >= 0.6 is 11.8 Å². The number of para-hydroxylation sites is 2. The number of carbonyl (C=O) groups excluding carboxylic acids is 2. The minimum Gasteiger partial charge on any atom is -0.450 e. The summed E-state index contributed by atoms with van der Waals surface area (Å²) in [7, 11) is 0. The first-order valence-electron chi connectivity index (χ1n) is 8.96. The molecule has 1 amide bonds. The quantitative estimate of drug-likeness (QED) is 0.438. The number of amides is 1. The Morgan fingerprint density at radius 2 is 1.62 bits per heavy atom. The molecule has 144 valence electrons. The van der Waals surface area contributed by atoms with Gasteiger partial charge in [0, 0.05) is 15.2 Å². The summed E-state index contributed by atoms with van der Waals surface area (Å²) in [5.41, 5.74) is 1.25. The summed E-state index contributed by atoms with van der Waals surface area (Å²) in [6, 6.07) is 26.2. The fourth-order valence-electron chi connectivity index (χ4n) is 2.75. The minimum atomic E-state index is -0.678. The Morgan fingerprint density at radius 3 is 2.45 bits per heavy atom. The highest BCUT2D eigenvalue weighted by Crippen LogP contribution is 2.33. The van der Waals surface area contributed by atoms with Crippen LogP contribution in [0.1, 0.15) is 10.6 Å². The van der Waals surface area contributed by atoms with Crippen LogP contribution in [0.5, 0.6) is 0 Å². The fourth-order valence-corrected chi connectivity index (χ4v) is 3.67. The predicted octanol–water partition coefficient (Wildman–Crippen LogP) is 5.38. The number of furan rings is 1. The van der Waals surface area contributed by atoms with Gasteiger partial charge in [-0.3, -0.25) is 4.79 Å². The molecule has 0 bridgehead atoms. The Morgan fingerprint density at radius 1 is 0.897 bits per heavy atom. The average molecular weight is 403 g/mol. The van der Waals surface area contributed by atoms with Crippen molar-refractivity contribution in [1.82, 2.24) is 0 Å². The number of ether oxygens (including phenoxy) is 1. The monoisotopic (exact) mass is 403 g/mol. The summed E-state index contributed by atoms with van der Waals surface area (Å²) in [6.45, 7) is -0.403. The first-order valence-corrected chi connectivity index (χ1v) is 9.78. The molecule has 1 heterocycles. The topological polar surface area (TPSA) is 68.5 Å². The normalized spacial score (nSPS) is 10.6. The summed E-state index contributed by atoms with van der Waals surface area (Å²) >= 11 is 1.54. The highest BCUT2D eigenvalue weighted by Gasteiger charge is 2.16. The molecule has 0 unspecified atom stereocenters. The van der Waals surface area contributed by atoms with Crippen molar-refractivity contribution in [3.05, 3.63) is 90.7 Å². The molecule has 6 heteroatoms. The minimum absolute atomic E-state index is 0.0685. The molecule has 0 aliphatic carbocycles. The van der Waals surface area contributed by atoms with Crippen molar-refractivity contribution in [1.29, 1.82) is 0 Å². The Bertz CT molecular complexity index is 1120. The van der Waals surface area contributed by atoms with Crippen molar-refractivity contribution in [2.45, 2.75) is 9.79 Å². The van der Waals surface area contributed by atoms with Crippen molar-refractivity contribution < 1.29 is 18.7 Å².